The third-order valence-electron chi connectivity index (χ3n) is 6.28. The van der Waals surface area contributed by atoms with E-state index in [1.807, 2.05) is 25.1 Å². The Morgan fingerprint density at radius 1 is 1.23 bits per heavy atom. The van der Waals surface area contributed by atoms with E-state index in [2.05, 4.69) is 40.0 Å². The number of aryl methyl sites for hydroxylation is 1. The molecule has 0 nitrogen and oxygen atoms in total. The number of hydrogen-bond acceptors (Lipinski definition) is 0. The summed E-state index contributed by atoms with van der Waals surface area (Å²) in [5.74, 6) is 0.291. The van der Waals surface area contributed by atoms with Crippen LogP contribution >= 0.6 is 0 Å². The van der Waals surface area contributed by atoms with Gasteiger partial charge < -0.3 is 0 Å². The summed E-state index contributed by atoms with van der Waals surface area (Å²) in [5.41, 5.74) is 5.62. The average Bonchev–Trinajstić information content (AvgIpc) is 2.60. The summed E-state index contributed by atoms with van der Waals surface area (Å²) >= 11 is 0. The summed E-state index contributed by atoms with van der Waals surface area (Å²) in [6.45, 7) is 16.8. The van der Waals surface area contributed by atoms with Gasteiger partial charge in [0.05, 0.1) is 0 Å². The third-order valence-corrected chi connectivity index (χ3v) is 6.28. The number of rotatable bonds is 9. The molecule has 0 heterocycles. The molecule has 1 fully saturated rings. The molecule has 0 N–H and O–H groups in total. The molecular weight excluding hydrogens is 319 g/mol. The largest absolute Gasteiger partial charge is 0.206 e. The molecule has 1 atom stereocenters. The summed E-state index contributed by atoms with van der Waals surface area (Å²) in [6.07, 6.45) is 11.5. The van der Waals surface area contributed by atoms with Gasteiger partial charge in [-0.3, -0.25) is 0 Å². The number of benzene rings is 1. The van der Waals surface area contributed by atoms with Gasteiger partial charge in [-0.25, -0.2) is 4.39 Å². The van der Waals surface area contributed by atoms with E-state index in [0.717, 1.165) is 42.4 Å². The van der Waals surface area contributed by atoms with Crippen LogP contribution in [0.15, 0.2) is 48.6 Å². The van der Waals surface area contributed by atoms with Crippen molar-refractivity contribution in [1.82, 2.24) is 0 Å². The second-order valence-corrected chi connectivity index (χ2v) is 8.22. The highest BCUT2D eigenvalue weighted by atomic mass is 19.1. The first-order valence-corrected chi connectivity index (χ1v) is 10.1. The van der Waals surface area contributed by atoms with E-state index in [9.17, 15) is 4.39 Å². The Balaban J connectivity index is 2.27. The molecule has 2 rings (SSSR count). The highest BCUT2D eigenvalue weighted by Gasteiger charge is 2.36. The number of unbranched alkanes of at least 4 members (excludes halogenated alkanes) is 1. The molecular formula is C25H35F. The fraction of sp³-hybridized carbons (Fsp3) is 0.520. The van der Waals surface area contributed by atoms with Crippen LogP contribution in [0, 0.1) is 24.1 Å². The van der Waals surface area contributed by atoms with Crippen LogP contribution < -0.4 is 0 Å². The highest BCUT2D eigenvalue weighted by molar-refractivity contribution is 5.41. The summed E-state index contributed by atoms with van der Waals surface area (Å²) in [6, 6.07) is 4.11. The number of hydrogen-bond donors (Lipinski definition) is 0. The molecule has 1 aliphatic rings. The fourth-order valence-corrected chi connectivity index (χ4v) is 4.27. The Morgan fingerprint density at radius 2 is 1.88 bits per heavy atom. The first kappa shape index (κ1) is 20.7. The topological polar surface area (TPSA) is 0 Å². The lowest BCUT2D eigenvalue weighted by Gasteiger charge is -2.41. The first-order valence-electron chi connectivity index (χ1n) is 10.1. The van der Waals surface area contributed by atoms with Crippen LogP contribution in [0.5, 0.6) is 0 Å². The van der Waals surface area contributed by atoms with E-state index in [4.69, 9.17) is 0 Å². The predicted molar refractivity (Wildman–Crippen MR) is 112 cm³/mol. The van der Waals surface area contributed by atoms with Crippen LogP contribution in [0.3, 0.4) is 0 Å². The summed E-state index contributed by atoms with van der Waals surface area (Å²) in [4.78, 5) is 0. The minimum atomic E-state index is -0.0119. The van der Waals surface area contributed by atoms with Crippen LogP contribution in [-0.4, -0.2) is 0 Å². The third kappa shape index (κ3) is 4.19. The molecule has 0 radical (unpaired) electrons. The zero-order valence-corrected chi connectivity index (χ0v) is 17.1. The van der Waals surface area contributed by atoms with Crippen molar-refractivity contribution in [2.75, 3.05) is 0 Å². The second kappa shape index (κ2) is 8.84. The van der Waals surface area contributed by atoms with Gasteiger partial charge in [-0.15, -0.1) is 0 Å². The molecule has 0 spiro atoms. The minimum absolute atomic E-state index is 0.0119. The van der Waals surface area contributed by atoms with Crippen LogP contribution in [0.4, 0.5) is 4.39 Å². The van der Waals surface area contributed by atoms with Gasteiger partial charge in [0.1, 0.15) is 5.82 Å². The van der Waals surface area contributed by atoms with Crippen LogP contribution in [0.1, 0.15) is 69.6 Å². The molecule has 0 saturated heterocycles. The van der Waals surface area contributed by atoms with Gasteiger partial charge >= 0.3 is 0 Å². The SMILES string of the molecule is C=C/C(=C(\C=C)C1(C)CCC1)C(C)Cc1ccc(CCCC)c(F)c1C. The van der Waals surface area contributed by atoms with Crippen molar-refractivity contribution in [1.29, 1.82) is 0 Å². The van der Waals surface area contributed by atoms with Gasteiger partial charge in [0.25, 0.3) is 0 Å². The molecule has 142 valence electrons. The molecule has 0 aromatic heterocycles. The van der Waals surface area contributed by atoms with Gasteiger partial charge in [0.2, 0.25) is 0 Å². The Labute approximate surface area is 159 Å². The molecule has 1 heteroatoms. The Bertz CT molecular complexity index is 688. The molecule has 1 aliphatic carbocycles. The molecule has 0 amide bonds. The van der Waals surface area contributed by atoms with Gasteiger partial charge in [0.15, 0.2) is 0 Å². The maximum Gasteiger partial charge on any atom is 0.129 e. The maximum absolute atomic E-state index is 14.7. The van der Waals surface area contributed by atoms with Crippen molar-refractivity contribution in [3.63, 3.8) is 0 Å². The van der Waals surface area contributed by atoms with E-state index in [-0.39, 0.29) is 11.2 Å². The van der Waals surface area contributed by atoms with E-state index in [1.54, 1.807) is 0 Å². The van der Waals surface area contributed by atoms with Gasteiger partial charge in [-0.2, -0.15) is 0 Å². The minimum Gasteiger partial charge on any atom is -0.206 e. The summed E-state index contributed by atoms with van der Waals surface area (Å²) < 4.78 is 14.7. The van der Waals surface area contributed by atoms with Crippen molar-refractivity contribution in [3.05, 3.63) is 71.1 Å². The Kier molecular flexibility index (Phi) is 7.03. The second-order valence-electron chi connectivity index (χ2n) is 8.22. The lowest BCUT2D eigenvalue weighted by Crippen LogP contribution is -2.29. The molecule has 1 aromatic carbocycles. The lowest BCUT2D eigenvalue weighted by atomic mass is 9.63. The molecule has 26 heavy (non-hydrogen) atoms. The van der Waals surface area contributed by atoms with Crippen LogP contribution in [0.25, 0.3) is 0 Å². The highest BCUT2D eigenvalue weighted by Crippen LogP contribution is 2.49. The van der Waals surface area contributed by atoms with Crippen molar-refractivity contribution in [2.45, 2.75) is 72.6 Å². The normalized spacial score (nSPS) is 17.9. The van der Waals surface area contributed by atoms with Crippen LogP contribution in [-0.2, 0) is 12.8 Å². The number of allylic oxidation sites excluding steroid dienone is 4. The first-order chi connectivity index (χ1) is 12.4. The Hall–Kier alpha value is -1.63. The maximum atomic E-state index is 14.7. The standard InChI is InChI=1S/C25H35F/c1-7-10-12-20-13-14-21(19(5)24(20)26)17-18(4)22(8-2)23(9-3)25(6)15-11-16-25/h8-9,13-14,18H,2-3,7,10-12,15-17H2,1,4-6H3/b23-22-. The molecule has 0 aliphatic heterocycles. The monoisotopic (exact) mass is 354 g/mol. The van der Waals surface area contributed by atoms with E-state index in [1.165, 1.54) is 30.4 Å². The van der Waals surface area contributed by atoms with E-state index >= 15 is 0 Å². The zero-order chi connectivity index (χ0) is 19.3. The van der Waals surface area contributed by atoms with Gasteiger partial charge in [-0.05, 0) is 78.2 Å². The summed E-state index contributed by atoms with van der Waals surface area (Å²) in [7, 11) is 0. The Morgan fingerprint density at radius 3 is 2.38 bits per heavy atom. The fourth-order valence-electron chi connectivity index (χ4n) is 4.27. The molecule has 1 aromatic rings. The molecule has 1 unspecified atom stereocenters. The number of halogens is 1. The smallest absolute Gasteiger partial charge is 0.129 e. The molecule has 0 bridgehead atoms. The van der Waals surface area contributed by atoms with Crippen molar-refractivity contribution >= 4 is 0 Å². The van der Waals surface area contributed by atoms with Crippen molar-refractivity contribution in [2.24, 2.45) is 11.3 Å². The van der Waals surface area contributed by atoms with Gasteiger partial charge in [0, 0.05) is 0 Å². The van der Waals surface area contributed by atoms with Crippen LogP contribution in [0.2, 0.25) is 0 Å². The van der Waals surface area contributed by atoms with Gasteiger partial charge in [-0.1, -0.05) is 71.1 Å². The predicted octanol–water partition coefficient (Wildman–Crippen LogP) is 7.51. The lowest BCUT2D eigenvalue weighted by molar-refractivity contribution is 0.217. The van der Waals surface area contributed by atoms with E-state index < -0.39 is 0 Å². The average molecular weight is 355 g/mol. The quantitative estimate of drug-likeness (QED) is 0.402. The van der Waals surface area contributed by atoms with Crippen molar-refractivity contribution < 1.29 is 4.39 Å². The molecule has 1 saturated carbocycles. The zero-order valence-electron chi connectivity index (χ0n) is 17.1. The summed E-state index contributed by atoms with van der Waals surface area (Å²) in [5, 5.41) is 0. The van der Waals surface area contributed by atoms with E-state index in [0.29, 0.717) is 5.92 Å². The van der Waals surface area contributed by atoms with Crippen molar-refractivity contribution in [3.8, 4) is 0 Å².